The van der Waals surface area contributed by atoms with Crippen LogP contribution in [0.25, 0.3) is 0 Å². The lowest BCUT2D eigenvalue weighted by atomic mass is 9.96. The van der Waals surface area contributed by atoms with E-state index < -0.39 is 0 Å². The maximum Gasteiger partial charge on any atom is 0.160 e. The second-order valence-electron chi connectivity index (χ2n) is 4.11. The first-order valence-electron chi connectivity index (χ1n) is 5.47. The van der Waals surface area contributed by atoms with Crippen LogP contribution in [-0.4, -0.2) is 25.4 Å². The molecule has 90 valence electrons. The molecule has 3 heteroatoms. The highest BCUT2D eigenvalue weighted by Gasteiger charge is 2.11. The molecule has 0 spiro atoms. The predicted octanol–water partition coefficient (Wildman–Crippen LogP) is 2.26. The Kier molecular flexibility index (Phi) is 4.62. The summed E-state index contributed by atoms with van der Waals surface area (Å²) in [6.07, 6.45) is 0.533. The first kappa shape index (κ1) is 12.8. The van der Waals surface area contributed by atoms with Crippen molar-refractivity contribution in [1.82, 2.24) is 0 Å². The summed E-state index contributed by atoms with van der Waals surface area (Å²) in [5, 5.41) is 9.45. The number of aliphatic hydroxyl groups excluding tert-OH is 1. The Morgan fingerprint density at radius 2 is 1.75 bits per heavy atom. The van der Waals surface area contributed by atoms with Gasteiger partial charge in [0.25, 0.3) is 0 Å². The van der Waals surface area contributed by atoms with Crippen molar-refractivity contribution in [1.29, 1.82) is 0 Å². The summed E-state index contributed by atoms with van der Waals surface area (Å²) in [4.78, 5) is 0. The first-order chi connectivity index (χ1) is 7.58. The van der Waals surface area contributed by atoms with E-state index in [1.807, 2.05) is 32.0 Å². The lowest BCUT2D eigenvalue weighted by Crippen LogP contribution is -2.15. The summed E-state index contributed by atoms with van der Waals surface area (Å²) >= 11 is 0. The molecule has 16 heavy (non-hydrogen) atoms. The summed E-state index contributed by atoms with van der Waals surface area (Å²) < 4.78 is 10.4. The van der Waals surface area contributed by atoms with E-state index in [1.165, 1.54) is 0 Å². The van der Waals surface area contributed by atoms with Gasteiger partial charge in [-0.1, -0.05) is 13.0 Å². The van der Waals surface area contributed by atoms with Crippen molar-refractivity contribution in [2.75, 3.05) is 14.2 Å². The zero-order valence-electron chi connectivity index (χ0n) is 10.4. The van der Waals surface area contributed by atoms with Gasteiger partial charge in [0.1, 0.15) is 0 Å². The minimum atomic E-state index is -0.298. The lowest BCUT2D eigenvalue weighted by Gasteiger charge is -2.15. The van der Waals surface area contributed by atoms with E-state index in [0.717, 1.165) is 23.5 Å². The number of ether oxygens (including phenoxy) is 2. The lowest BCUT2D eigenvalue weighted by molar-refractivity contribution is 0.135. The third kappa shape index (κ3) is 3.14. The number of methoxy groups -OCH3 is 2. The Labute approximate surface area is 97.0 Å². The largest absolute Gasteiger partial charge is 0.493 e. The molecule has 2 unspecified atom stereocenters. The first-order valence-corrected chi connectivity index (χ1v) is 5.47. The van der Waals surface area contributed by atoms with Crippen LogP contribution < -0.4 is 9.47 Å². The highest BCUT2D eigenvalue weighted by molar-refractivity contribution is 5.42. The highest BCUT2D eigenvalue weighted by atomic mass is 16.5. The maximum atomic E-state index is 9.45. The molecule has 0 aliphatic rings. The van der Waals surface area contributed by atoms with Gasteiger partial charge in [0.05, 0.1) is 20.3 Å². The molecule has 0 fully saturated rings. The van der Waals surface area contributed by atoms with Crippen LogP contribution in [0.5, 0.6) is 11.5 Å². The van der Waals surface area contributed by atoms with Gasteiger partial charge < -0.3 is 14.6 Å². The van der Waals surface area contributed by atoms with Crippen LogP contribution in [0.1, 0.15) is 19.4 Å². The smallest absolute Gasteiger partial charge is 0.160 e. The molecule has 0 aromatic heterocycles. The van der Waals surface area contributed by atoms with Gasteiger partial charge >= 0.3 is 0 Å². The van der Waals surface area contributed by atoms with Crippen molar-refractivity contribution in [3.63, 3.8) is 0 Å². The third-order valence-electron chi connectivity index (χ3n) is 2.83. The number of hydrogen-bond acceptors (Lipinski definition) is 3. The molecule has 0 saturated carbocycles. The van der Waals surface area contributed by atoms with E-state index in [9.17, 15) is 5.11 Å². The number of hydrogen-bond donors (Lipinski definition) is 1. The van der Waals surface area contributed by atoms with Crippen LogP contribution in [0.2, 0.25) is 0 Å². The highest BCUT2D eigenvalue weighted by Crippen LogP contribution is 2.28. The molecule has 1 rings (SSSR count). The summed E-state index contributed by atoms with van der Waals surface area (Å²) in [6, 6.07) is 5.85. The molecule has 0 aliphatic carbocycles. The average molecular weight is 224 g/mol. The van der Waals surface area contributed by atoms with Crippen molar-refractivity contribution < 1.29 is 14.6 Å². The van der Waals surface area contributed by atoms with Crippen LogP contribution in [0, 0.1) is 5.92 Å². The van der Waals surface area contributed by atoms with Gasteiger partial charge in [-0.05, 0) is 37.0 Å². The Morgan fingerprint density at radius 1 is 1.12 bits per heavy atom. The van der Waals surface area contributed by atoms with E-state index in [0.29, 0.717) is 0 Å². The molecule has 1 N–H and O–H groups in total. The maximum absolute atomic E-state index is 9.45. The van der Waals surface area contributed by atoms with E-state index in [1.54, 1.807) is 14.2 Å². The summed E-state index contributed by atoms with van der Waals surface area (Å²) in [6.45, 7) is 3.84. The van der Waals surface area contributed by atoms with Gasteiger partial charge in [0.15, 0.2) is 11.5 Å². The molecular formula is C13H20O3. The second kappa shape index (κ2) is 5.75. The van der Waals surface area contributed by atoms with Crippen molar-refractivity contribution in [2.24, 2.45) is 5.92 Å². The molecular weight excluding hydrogens is 204 g/mol. The zero-order valence-corrected chi connectivity index (χ0v) is 10.4. The Balaban J connectivity index is 2.82. The van der Waals surface area contributed by atoms with E-state index in [-0.39, 0.29) is 12.0 Å². The van der Waals surface area contributed by atoms with Gasteiger partial charge in [-0.2, -0.15) is 0 Å². The number of benzene rings is 1. The molecule has 0 bridgehead atoms. The van der Waals surface area contributed by atoms with Crippen molar-refractivity contribution in [3.8, 4) is 11.5 Å². The van der Waals surface area contributed by atoms with Gasteiger partial charge in [0, 0.05) is 0 Å². The normalized spacial score (nSPS) is 14.3. The Morgan fingerprint density at radius 3 is 2.25 bits per heavy atom. The molecule has 1 aromatic rings. The van der Waals surface area contributed by atoms with Gasteiger partial charge in [-0.25, -0.2) is 0 Å². The van der Waals surface area contributed by atoms with Crippen LogP contribution >= 0.6 is 0 Å². The predicted molar refractivity (Wildman–Crippen MR) is 64.1 cm³/mol. The van der Waals surface area contributed by atoms with Crippen LogP contribution in [0.3, 0.4) is 0 Å². The van der Waals surface area contributed by atoms with E-state index >= 15 is 0 Å². The molecule has 0 heterocycles. The molecule has 0 amide bonds. The molecule has 0 saturated heterocycles. The SMILES string of the molecule is COc1ccc(CC(C)C(C)O)cc1OC. The minimum absolute atomic E-state index is 0.234. The Hall–Kier alpha value is -1.22. The summed E-state index contributed by atoms with van der Waals surface area (Å²) in [5.41, 5.74) is 1.14. The fourth-order valence-electron chi connectivity index (χ4n) is 1.55. The third-order valence-corrected chi connectivity index (χ3v) is 2.83. The average Bonchev–Trinajstić information content (AvgIpc) is 2.28. The van der Waals surface area contributed by atoms with Crippen molar-refractivity contribution in [2.45, 2.75) is 26.4 Å². The number of rotatable bonds is 5. The van der Waals surface area contributed by atoms with Crippen LogP contribution in [0.4, 0.5) is 0 Å². The van der Waals surface area contributed by atoms with Crippen LogP contribution in [-0.2, 0) is 6.42 Å². The second-order valence-corrected chi connectivity index (χ2v) is 4.11. The van der Waals surface area contributed by atoms with Crippen LogP contribution in [0.15, 0.2) is 18.2 Å². The fraction of sp³-hybridized carbons (Fsp3) is 0.538. The van der Waals surface area contributed by atoms with Gasteiger partial charge in [-0.15, -0.1) is 0 Å². The quantitative estimate of drug-likeness (QED) is 0.833. The molecule has 1 aromatic carbocycles. The van der Waals surface area contributed by atoms with Gasteiger partial charge in [0.2, 0.25) is 0 Å². The Bertz CT molecular complexity index is 334. The summed E-state index contributed by atoms with van der Waals surface area (Å²) in [7, 11) is 3.25. The van der Waals surface area contributed by atoms with E-state index in [4.69, 9.17) is 9.47 Å². The van der Waals surface area contributed by atoms with E-state index in [2.05, 4.69) is 0 Å². The summed E-state index contributed by atoms with van der Waals surface area (Å²) in [5.74, 6) is 1.70. The topological polar surface area (TPSA) is 38.7 Å². The molecule has 3 nitrogen and oxygen atoms in total. The number of aliphatic hydroxyl groups is 1. The molecule has 0 radical (unpaired) electrons. The standard InChI is InChI=1S/C13H20O3/c1-9(10(2)14)7-11-5-6-12(15-3)13(8-11)16-4/h5-6,8-10,14H,7H2,1-4H3. The van der Waals surface area contributed by atoms with Crippen molar-refractivity contribution in [3.05, 3.63) is 23.8 Å². The molecule has 2 atom stereocenters. The molecule has 0 aliphatic heterocycles. The monoisotopic (exact) mass is 224 g/mol. The fourth-order valence-corrected chi connectivity index (χ4v) is 1.55. The zero-order chi connectivity index (χ0) is 12.1. The van der Waals surface area contributed by atoms with Crippen molar-refractivity contribution >= 4 is 0 Å². The van der Waals surface area contributed by atoms with Gasteiger partial charge in [-0.3, -0.25) is 0 Å². The minimum Gasteiger partial charge on any atom is -0.493 e.